The second kappa shape index (κ2) is 9.53. The Bertz CT molecular complexity index is 1250. The molecule has 3 aromatic rings. The first-order valence-electron chi connectivity index (χ1n) is 11.8. The molecule has 35 heavy (non-hydrogen) atoms. The maximum Gasteiger partial charge on any atom is 0.311 e. The van der Waals surface area contributed by atoms with Gasteiger partial charge in [0.05, 0.1) is 17.6 Å². The molecule has 0 radical (unpaired) electrons. The zero-order valence-electron chi connectivity index (χ0n) is 20.5. The number of nitrogens with one attached hydrogen (secondary N) is 2. The van der Waals surface area contributed by atoms with Gasteiger partial charge in [0.1, 0.15) is 11.5 Å². The average molecular weight is 481 g/mol. The van der Waals surface area contributed by atoms with Crippen LogP contribution in [0, 0.1) is 10.1 Å². The number of amides is 1. The minimum atomic E-state index is -0.482. The Kier molecular flexibility index (Phi) is 6.66. The summed E-state index contributed by atoms with van der Waals surface area (Å²) in [7, 11) is 1.39. The second-order valence-corrected chi connectivity index (χ2v) is 10.0. The van der Waals surface area contributed by atoms with Gasteiger partial charge in [-0.3, -0.25) is 19.3 Å². The van der Waals surface area contributed by atoms with Crippen molar-refractivity contribution >= 4 is 23.1 Å². The lowest BCUT2D eigenvalue weighted by Crippen LogP contribution is -2.40. The molecule has 2 heterocycles. The summed E-state index contributed by atoms with van der Waals surface area (Å²) in [4.78, 5) is 29.2. The zero-order valence-corrected chi connectivity index (χ0v) is 20.5. The number of nitrogens with zero attached hydrogens (tertiary/aromatic N) is 3. The van der Waals surface area contributed by atoms with Crippen LogP contribution < -0.4 is 21.1 Å². The minimum absolute atomic E-state index is 0.0772. The molecule has 0 aliphatic heterocycles. The number of nitrogens with two attached hydrogens (primary N) is 1. The van der Waals surface area contributed by atoms with Gasteiger partial charge in [0.25, 0.3) is 5.91 Å². The first-order chi connectivity index (χ1) is 16.6. The fourth-order valence-corrected chi connectivity index (χ4v) is 4.43. The first-order valence-corrected chi connectivity index (χ1v) is 11.8. The zero-order chi connectivity index (χ0) is 25.3. The van der Waals surface area contributed by atoms with E-state index in [-0.39, 0.29) is 35.0 Å². The number of hydrogen-bond acceptors (Lipinski definition) is 7. The number of carbonyl (C=O) groups excluding carboxylic acids is 1. The number of rotatable bonds is 6. The number of hydrogen-bond donors (Lipinski definition) is 3. The maximum atomic E-state index is 13.3. The Labute approximate surface area is 204 Å². The predicted molar refractivity (Wildman–Crippen MR) is 135 cm³/mol. The highest BCUT2D eigenvalue weighted by atomic mass is 16.6. The number of anilines is 1. The smallest absolute Gasteiger partial charge is 0.311 e. The lowest BCUT2D eigenvalue weighted by molar-refractivity contribution is -0.385. The molecule has 0 saturated heterocycles. The molecule has 1 aliphatic carbocycles. The molecule has 1 saturated carbocycles. The van der Waals surface area contributed by atoms with Crippen molar-refractivity contribution in [3.8, 4) is 17.0 Å². The average Bonchev–Trinajstić information content (AvgIpc) is 3.17. The summed E-state index contributed by atoms with van der Waals surface area (Å²) in [6.45, 7) is 6.03. The number of imidazole rings is 1. The van der Waals surface area contributed by atoms with Gasteiger partial charge in [-0.05, 0) is 70.7 Å². The topological polar surface area (TPSA) is 137 Å². The Balaban J connectivity index is 1.81. The molecular weight excluding hydrogens is 448 g/mol. The third-order valence-corrected chi connectivity index (χ3v) is 6.14. The van der Waals surface area contributed by atoms with E-state index in [1.54, 1.807) is 24.3 Å². The van der Waals surface area contributed by atoms with Crippen LogP contribution in [0.4, 0.5) is 11.5 Å². The van der Waals surface area contributed by atoms with E-state index in [4.69, 9.17) is 15.5 Å². The summed E-state index contributed by atoms with van der Waals surface area (Å²) in [5, 5.41) is 18.2. The third kappa shape index (κ3) is 5.22. The Hall–Kier alpha value is -3.66. The third-order valence-electron chi connectivity index (χ3n) is 6.14. The van der Waals surface area contributed by atoms with Crippen LogP contribution in [-0.4, -0.2) is 44.9 Å². The van der Waals surface area contributed by atoms with E-state index in [1.807, 2.05) is 31.4 Å². The molecule has 1 aliphatic rings. The van der Waals surface area contributed by atoms with Gasteiger partial charge >= 0.3 is 5.69 Å². The van der Waals surface area contributed by atoms with Crippen molar-refractivity contribution in [3.63, 3.8) is 0 Å². The number of methoxy groups -OCH3 is 1. The summed E-state index contributed by atoms with van der Waals surface area (Å²) in [6, 6.07) is 8.54. The fourth-order valence-electron chi connectivity index (χ4n) is 4.43. The Morgan fingerprint density at radius 1 is 1.23 bits per heavy atom. The number of carbonyl (C=O) groups is 1. The molecule has 4 rings (SSSR count). The molecule has 186 valence electrons. The normalized spacial score (nSPS) is 18.3. The van der Waals surface area contributed by atoms with E-state index in [2.05, 4.69) is 10.6 Å². The molecular formula is C25H32N6O4. The highest BCUT2D eigenvalue weighted by molar-refractivity contribution is 6.01. The highest BCUT2D eigenvalue weighted by Gasteiger charge is 2.26. The van der Waals surface area contributed by atoms with E-state index in [9.17, 15) is 14.9 Å². The molecule has 1 aromatic carbocycles. The van der Waals surface area contributed by atoms with E-state index < -0.39 is 4.92 Å². The lowest BCUT2D eigenvalue weighted by Gasteiger charge is -2.26. The summed E-state index contributed by atoms with van der Waals surface area (Å²) in [5.41, 5.74) is 7.48. The molecule has 10 heteroatoms. The van der Waals surface area contributed by atoms with Gasteiger partial charge in [0.15, 0.2) is 11.4 Å². The Morgan fingerprint density at radius 3 is 2.57 bits per heavy atom. The van der Waals surface area contributed by atoms with Gasteiger partial charge in [0.2, 0.25) is 0 Å². The van der Waals surface area contributed by atoms with Crippen molar-refractivity contribution in [1.82, 2.24) is 14.7 Å². The van der Waals surface area contributed by atoms with E-state index in [1.165, 1.54) is 13.2 Å². The maximum absolute atomic E-state index is 13.3. The van der Waals surface area contributed by atoms with E-state index >= 15 is 0 Å². The second-order valence-electron chi connectivity index (χ2n) is 10.0. The molecule has 0 bridgehead atoms. The van der Waals surface area contributed by atoms with Crippen molar-refractivity contribution < 1.29 is 14.5 Å². The fraction of sp³-hybridized carbons (Fsp3) is 0.440. The van der Waals surface area contributed by atoms with Gasteiger partial charge in [-0.15, -0.1) is 0 Å². The van der Waals surface area contributed by atoms with Crippen LogP contribution in [0.15, 0.2) is 36.5 Å². The lowest BCUT2D eigenvalue weighted by atomic mass is 9.91. The quantitative estimate of drug-likeness (QED) is 0.356. The van der Waals surface area contributed by atoms with Crippen LogP contribution in [-0.2, 0) is 0 Å². The molecule has 1 amide bonds. The van der Waals surface area contributed by atoms with Crippen molar-refractivity contribution in [2.45, 2.75) is 64.1 Å². The number of aromatic nitrogens is 2. The molecule has 0 spiro atoms. The van der Waals surface area contributed by atoms with Crippen LogP contribution >= 0.6 is 0 Å². The Morgan fingerprint density at radius 2 is 1.94 bits per heavy atom. The van der Waals surface area contributed by atoms with Gasteiger partial charge in [-0.2, -0.15) is 0 Å². The van der Waals surface area contributed by atoms with Crippen molar-refractivity contribution in [3.05, 3.63) is 52.2 Å². The van der Waals surface area contributed by atoms with E-state index in [0.717, 1.165) is 25.7 Å². The van der Waals surface area contributed by atoms with Crippen LogP contribution in [0.1, 0.15) is 56.8 Å². The molecule has 10 nitrogen and oxygen atoms in total. The van der Waals surface area contributed by atoms with Crippen LogP contribution in [0.5, 0.6) is 5.75 Å². The predicted octanol–water partition coefficient (Wildman–Crippen LogP) is 4.13. The van der Waals surface area contributed by atoms with Gasteiger partial charge < -0.3 is 21.1 Å². The number of fused-ring (bicyclic) bond motifs is 1. The van der Waals surface area contributed by atoms with Crippen molar-refractivity contribution in [1.29, 1.82) is 0 Å². The molecule has 2 aromatic heterocycles. The summed E-state index contributed by atoms with van der Waals surface area (Å²) in [6.07, 6.45) is 5.30. The number of nitro groups is 1. The number of pyridine rings is 1. The molecule has 4 N–H and O–H groups in total. The van der Waals surface area contributed by atoms with Gasteiger partial charge in [-0.25, -0.2) is 4.98 Å². The number of benzene rings is 1. The van der Waals surface area contributed by atoms with Crippen LogP contribution in [0.3, 0.4) is 0 Å². The largest absolute Gasteiger partial charge is 0.490 e. The summed E-state index contributed by atoms with van der Waals surface area (Å²) >= 11 is 0. The summed E-state index contributed by atoms with van der Waals surface area (Å²) in [5.74, 6) is 0.612. The first kappa shape index (κ1) is 24.5. The van der Waals surface area contributed by atoms with Gasteiger partial charge in [0, 0.05) is 35.4 Å². The summed E-state index contributed by atoms with van der Waals surface area (Å²) < 4.78 is 6.97. The van der Waals surface area contributed by atoms with Crippen molar-refractivity contribution in [2.24, 2.45) is 5.73 Å². The SMILES string of the molecule is COc1ccc(-c2nc3c(C(=O)NC4CCC(N)CC4)cccn3c2NC(C)(C)C)cc1[N+](=O)[O-]. The highest BCUT2D eigenvalue weighted by Crippen LogP contribution is 2.37. The van der Waals surface area contributed by atoms with Crippen LogP contribution in [0.25, 0.3) is 16.9 Å². The molecule has 0 unspecified atom stereocenters. The monoisotopic (exact) mass is 480 g/mol. The molecule has 0 atom stereocenters. The van der Waals surface area contributed by atoms with E-state index in [0.29, 0.717) is 28.3 Å². The van der Waals surface area contributed by atoms with Crippen LogP contribution in [0.2, 0.25) is 0 Å². The van der Waals surface area contributed by atoms with Gasteiger partial charge in [-0.1, -0.05) is 0 Å². The number of ether oxygens (including phenoxy) is 1. The minimum Gasteiger partial charge on any atom is -0.490 e. The number of nitro benzene ring substituents is 1. The standard InChI is InChI=1S/C25H32N6O4/c1-25(2,3)29-23-21(15-7-12-20(35-4)19(14-15)31(33)34)28-22-18(6-5-13-30(22)23)24(32)27-17-10-8-16(26)9-11-17/h5-7,12-14,16-17,29H,8-11,26H2,1-4H3,(H,27,32). The van der Waals surface area contributed by atoms with Crippen molar-refractivity contribution in [2.75, 3.05) is 12.4 Å². The molecule has 1 fully saturated rings.